The number of nitrogens with one attached hydrogen (secondary N) is 1. The third-order valence-electron chi connectivity index (χ3n) is 3.02. The first-order valence-corrected chi connectivity index (χ1v) is 7.09. The van der Waals surface area contributed by atoms with E-state index in [0.717, 1.165) is 5.56 Å². The van der Waals surface area contributed by atoms with Crippen LogP contribution in [-0.4, -0.2) is 17.5 Å². The van der Waals surface area contributed by atoms with Gasteiger partial charge in [0.05, 0.1) is 0 Å². The highest BCUT2D eigenvalue weighted by molar-refractivity contribution is 7.99. The molecular formula is C13H17F2NS. The molecule has 0 bridgehead atoms. The molecule has 0 saturated carbocycles. The van der Waals surface area contributed by atoms with Crippen LogP contribution in [0, 0.1) is 0 Å². The second-order valence-electron chi connectivity index (χ2n) is 4.31. The van der Waals surface area contributed by atoms with Crippen LogP contribution in [0.25, 0.3) is 0 Å². The maximum Gasteiger partial charge on any atom is 0.263 e. The summed E-state index contributed by atoms with van der Waals surface area (Å²) in [5.41, 5.74) is 1.06. The minimum Gasteiger partial charge on any atom is -0.310 e. The van der Waals surface area contributed by atoms with Gasteiger partial charge in [0.2, 0.25) is 0 Å². The van der Waals surface area contributed by atoms with Crippen molar-refractivity contribution in [1.82, 2.24) is 5.32 Å². The average molecular weight is 257 g/mol. The Morgan fingerprint density at radius 3 is 2.76 bits per heavy atom. The molecule has 2 rings (SSSR count). The van der Waals surface area contributed by atoms with Crippen LogP contribution in [0.2, 0.25) is 0 Å². The van der Waals surface area contributed by atoms with Crippen molar-refractivity contribution in [3.63, 3.8) is 0 Å². The van der Waals surface area contributed by atoms with Crippen molar-refractivity contribution < 1.29 is 8.78 Å². The normalized spacial score (nSPS) is 17.6. The van der Waals surface area contributed by atoms with E-state index in [4.69, 9.17) is 0 Å². The second kappa shape index (κ2) is 6.36. The van der Waals surface area contributed by atoms with E-state index < -0.39 is 6.43 Å². The van der Waals surface area contributed by atoms with Gasteiger partial charge in [0.1, 0.15) is 0 Å². The molecular weight excluding hydrogens is 240 g/mol. The number of halogens is 2. The van der Waals surface area contributed by atoms with E-state index in [9.17, 15) is 8.78 Å². The Balaban J connectivity index is 1.87. The van der Waals surface area contributed by atoms with Gasteiger partial charge in [-0.25, -0.2) is 8.78 Å². The standard InChI is InChI=1S/C13H17F2NS/c14-13(15)11-3-1-2-10(8-11)9-16-12-4-6-17-7-5-12/h1-3,8,12-13,16H,4-7,9H2. The molecule has 0 atom stereocenters. The molecule has 0 aromatic heterocycles. The van der Waals surface area contributed by atoms with Crippen LogP contribution in [0.3, 0.4) is 0 Å². The molecule has 1 aromatic carbocycles. The molecule has 0 amide bonds. The van der Waals surface area contributed by atoms with Crippen LogP contribution in [0.15, 0.2) is 24.3 Å². The van der Waals surface area contributed by atoms with Gasteiger partial charge in [-0.05, 0) is 36.0 Å². The molecule has 1 nitrogen and oxygen atoms in total. The number of benzene rings is 1. The van der Waals surface area contributed by atoms with Crippen molar-refractivity contribution in [1.29, 1.82) is 0 Å². The Kier molecular flexibility index (Phi) is 4.80. The van der Waals surface area contributed by atoms with E-state index in [0.29, 0.717) is 12.6 Å². The summed E-state index contributed by atoms with van der Waals surface area (Å²) in [6, 6.07) is 7.22. The van der Waals surface area contributed by atoms with Gasteiger partial charge >= 0.3 is 0 Å². The number of hydrogen-bond donors (Lipinski definition) is 1. The number of hydrogen-bond acceptors (Lipinski definition) is 2. The number of alkyl halides is 2. The Hall–Kier alpha value is -0.610. The van der Waals surface area contributed by atoms with Gasteiger partial charge in [-0.3, -0.25) is 0 Å². The first-order chi connectivity index (χ1) is 8.25. The topological polar surface area (TPSA) is 12.0 Å². The predicted molar refractivity (Wildman–Crippen MR) is 68.6 cm³/mol. The molecule has 1 N–H and O–H groups in total. The lowest BCUT2D eigenvalue weighted by Gasteiger charge is -2.22. The van der Waals surface area contributed by atoms with Gasteiger partial charge in [0, 0.05) is 18.2 Å². The third kappa shape index (κ3) is 3.96. The molecule has 1 heterocycles. The van der Waals surface area contributed by atoms with Crippen molar-refractivity contribution in [2.45, 2.75) is 31.9 Å². The molecule has 0 spiro atoms. The van der Waals surface area contributed by atoms with Crippen molar-refractivity contribution in [3.05, 3.63) is 35.4 Å². The van der Waals surface area contributed by atoms with Crippen LogP contribution in [0.5, 0.6) is 0 Å². The summed E-state index contributed by atoms with van der Waals surface area (Å²) < 4.78 is 25.0. The van der Waals surface area contributed by atoms with E-state index in [1.54, 1.807) is 12.1 Å². The summed E-state index contributed by atoms with van der Waals surface area (Å²) in [4.78, 5) is 0. The predicted octanol–water partition coefficient (Wildman–Crippen LogP) is 3.61. The number of thioether (sulfide) groups is 1. The lowest BCUT2D eigenvalue weighted by molar-refractivity contribution is 0.151. The molecule has 1 aliphatic rings. The van der Waals surface area contributed by atoms with Crippen LogP contribution >= 0.6 is 11.8 Å². The maximum absolute atomic E-state index is 12.5. The van der Waals surface area contributed by atoms with Crippen molar-refractivity contribution in [2.75, 3.05) is 11.5 Å². The molecule has 1 aliphatic heterocycles. The molecule has 1 fully saturated rings. The summed E-state index contributed by atoms with van der Waals surface area (Å²) in [6.45, 7) is 0.690. The van der Waals surface area contributed by atoms with Crippen molar-refractivity contribution in [3.8, 4) is 0 Å². The molecule has 1 aromatic rings. The highest BCUT2D eigenvalue weighted by atomic mass is 32.2. The largest absolute Gasteiger partial charge is 0.310 e. The van der Waals surface area contributed by atoms with Crippen LogP contribution in [-0.2, 0) is 6.54 Å². The smallest absolute Gasteiger partial charge is 0.263 e. The van der Waals surface area contributed by atoms with E-state index in [-0.39, 0.29) is 5.56 Å². The molecule has 4 heteroatoms. The first-order valence-electron chi connectivity index (χ1n) is 5.94. The minimum absolute atomic E-state index is 0.114. The van der Waals surface area contributed by atoms with Gasteiger partial charge in [-0.15, -0.1) is 0 Å². The zero-order valence-corrected chi connectivity index (χ0v) is 10.5. The highest BCUT2D eigenvalue weighted by Crippen LogP contribution is 2.20. The Bertz CT molecular complexity index is 351. The zero-order valence-electron chi connectivity index (χ0n) is 9.66. The van der Waals surface area contributed by atoms with Gasteiger partial charge < -0.3 is 5.32 Å². The van der Waals surface area contributed by atoms with E-state index >= 15 is 0 Å². The summed E-state index contributed by atoms with van der Waals surface area (Å²) in [7, 11) is 0. The van der Waals surface area contributed by atoms with Crippen LogP contribution in [0.4, 0.5) is 8.78 Å². The minimum atomic E-state index is -2.37. The Labute approximate surface area is 105 Å². The first kappa shape index (κ1) is 12.8. The average Bonchev–Trinajstić information content (AvgIpc) is 2.38. The summed E-state index contributed by atoms with van der Waals surface area (Å²) >= 11 is 1.99. The molecule has 94 valence electrons. The van der Waals surface area contributed by atoms with Crippen molar-refractivity contribution >= 4 is 11.8 Å². The fraction of sp³-hybridized carbons (Fsp3) is 0.538. The molecule has 0 unspecified atom stereocenters. The summed E-state index contributed by atoms with van der Waals surface area (Å²) in [5.74, 6) is 2.41. The van der Waals surface area contributed by atoms with E-state index in [1.165, 1.54) is 30.4 Å². The molecule has 17 heavy (non-hydrogen) atoms. The Morgan fingerprint density at radius 1 is 1.29 bits per heavy atom. The maximum atomic E-state index is 12.5. The van der Waals surface area contributed by atoms with Gasteiger partial charge in [-0.1, -0.05) is 18.2 Å². The lowest BCUT2D eigenvalue weighted by atomic mass is 10.1. The van der Waals surface area contributed by atoms with Gasteiger partial charge in [-0.2, -0.15) is 11.8 Å². The SMILES string of the molecule is FC(F)c1cccc(CNC2CCSCC2)c1. The monoisotopic (exact) mass is 257 g/mol. The third-order valence-corrected chi connectivity index (χ3v) is 4.07. The highest BCUT2D eigenvalue weighted by Gasteiger charge is 2.13. The van der Waals surface area contributed by atoms with Crippen LogP contribution < -0.4 is 5.32 Å². The van der Waals surface area contributed by atoms with Crippen molar-refractivity contribution in [2.24, 2.45) is 0 Å². The van der Waals surface area contributed by atoms with Gasteiger partial charge in [0.25, 0.3) is 6.43 Å². The fourth-order valence-electron chi connectivity index (χ4n) is 2.00. The van der Waals surface area contributed by atoms with E-state index in [2.05, 4.69) is 5.32 Å². The number of rotatable bonds is 4. The molecule has 1 saturated heterocycles. The molecule has 0 radical (unpaired) electrons. The lowest BCUT2D eigenvalue weighted by Crippen LogP contribution is -2.32. The fourth-order valence-corrected chi connectivity index (χ4v) is 3.11. The second-order valence-corrected chi connectivity index (χ2v) is 5.54. The van der Waals surface area contributed by atoms with E-state index in [1.807, 2.05) is 17.8 Å². The quantitative estimate of drug-likeness (QED) is 0.884. The summed E-state index contributed by atoms with van der Waals surface area (Å²) in [5, 5.41) is 3.45. The summed E-state index contributed by atoms with van der Waals surface area (Å²) in [6.07, 6.45) is -0.0145. The van der Waals surface area contributed by atoms with Crippen LogP contribution in [0.1, 0.15) is 30.4 Å². The Morgan fingerprint density at radius 2 is 2.06 bits per heavy atom. The molecule has 0 aliphatic carbocycles. The zero-order chi connectivity index (χ0) is 12.1. The van der Waals surface area contributed by atoms with Gasteiger partial charge in [0.15, 0.2) is 0 Å².